The average molecular weight is 314 g/mol. The lowest BCUT2D eigenvalue weighted by Gasteiger charge is -2.20. The van der Waals surface area contributed by atoms with Crippen molar-refractivity contribution in [2.45, 2.75) is 40.3 Å². The van der Waals surface area contributed by atoms with Gasteiger partial charge in [-0.2, -0.15) is 5.10 Å². The van der Waals surface area contributed by atoms with Crippen LogP contribution in [0.3, 0.4) is 0 Å². The minimum Gasteiger partial charge on any atom is -0.348 e. The van der Waals surface area contributed by atoms with E-state index < -0.39 is 0 Å². The van der Waals surface area contributed by atoms with Crippen molar-refractivity contribution in [3.63, 3.8) is 0 Å². The summed E-state index contributed by atoms with van der Waals surface area (Å²) >= 11 is 0. The predicted octanol–water partition coefficient (Wildman–Crippen LogP) is 2.64. The lowest BCUT2D eigenvalue weighted by molar-refractivity contribution is -0.122. The fraction of sp³-hybridized carbons (Fsp3) is 0.444. The van der Waals surface area contributed by atoms with Gasteiger partial charge < -0.3 is 5.32 Å². The largest absolute Gasteiger partial charge is 0.348 e. The van der Waals surface area contributed by atoms with E-state index in [1.165, 1.54) is 16.7 Å². The highest BCUT2D eigenvalue weighted by atomic mass is 16.2. The molecule has 23 heavy (non-hydrogen) atoms. The zero-order valence-electron chi connectivity index (χ0n) is 14.6. The molecule has 1 atom stereocenters. The summed E-state index contributed by atoms with van der Waals surface area (Å²) < 4.78 is 0. The van der Waals surface area contributed by atoms with E-state index >= 15 is 0 Å². The molecule has 2 rings (SSSR count). The second kappa shape index (κ2) is 7.42. The molecule has 0 bridgehead atoms. The van der Waals surface area contributed by atoms with Gasteiger partial charge in [0.05, 0.1) is 18.8 Å². The smallest absolute Gasteiger partial charge is 0.234 e. The summed E-state index contributed by atoms with van der Waals surface area (Å²) in [6.07, 6.45) is 1.81. The normalized spacial score (nSPS) is 12.4. The fourth-order valence-corrected chi connectivity index (χ4v) is 2.72. The van der Waals surface area contributed by atoms with Crippen LogP contribution in [0.5, 0.6) is 0 Å². The molecule has 5 heteroatoms. The first-order valence-corrected chi connectivity index (χ1v) is 7.90. The third-order valence-corrected chi connectivity index (χ3v) is 4.07. The highest BCUT2D eigenvalue weighted by molar-refractivity contribution is 5.78. The predicted molar refractivity (Wildman–Crippen MR) is 92.1 cm³/mol. The van der Waals surface area contributed by atoms with Gasteiger partial charge in [0.1, 0.15) is 0 Å². The number of likely N-dealkylation sites (N-methyl/N-ethyl adjacent to an activating group) is 1. The van der Waals surface area contributed by atoms with Crippen molar-refractivity contribution in [3.8, 4) is 0 Å². The number of aromatic nitrogens is 2. The number of nitrogens with zero attached hydrogens (tertiary/aromatic N) is 2. The Hall–Kier alpha value is -2.14. The Morgan fingerprint density at radius 3 is 2.74 bits per heavy atom. The van der Waals surface area contributed by atoms with Gasteiger partial charge in [0.15, 0.2) is 0 Å². The Morgan fingerprint density at radius 2 is 2.09 bits per heavy atom. The maximum absolute atomic E-state index is 12.3. The number of carbonyl (C=O) groups is 1. The molecule has 0 aliphatic heterocycles. The average Bonchev–Trinajstić information content (AvgIpc) is 2.86. The third kappa shape index (κ3) is 4.66. The summed E-state index contributed by atoms with van der Waals surface area (Å²) in [7, 11) is 1.94. The van der Waals surface area contributed by atoms with Crippen molar-refractivity contribution >= 4 is 5.91 Å². The third-order valence-electron chi connectivity index (χ3n) is 4.07. The van der Waals surface area contributed by atoms with Gasteiger partial charge in [-0.05, 0) is 45.9 Å². The molecule has 2 N–H and O–H groups in total. The molecule has 0 spiro atoms. The van der Waals surface area contributed by atoms with Crippen LogP contribution < -0.4 is 5.32 Å². The number of nitrogens with one attached hydrogen (secondary N) is 2. The second-order valence-corrected chi connectivity index (χ2v) is 6.34. The Balaban J connectivity index is 1.91. The monoisotopic (exact) mass is 314 g/mol. The summed E-state index contributed by atoms with van der Waals surface area (Å²) in [4.78, 5) is 14.3. The van der Waals surface area contributed by atoms with E-state index in [1.807, 2.05) is 32.0 Å². The molecule has 0 radical (unpaired) electrons. The summed E-state index contributed by atoms with van der Waals surface area (Å²) in [5.41, 5.74) is 5.74. The zero-order chi connectivity index (χ0) is 17.0. The van der Waals surface area contributed by atoms with Crippen molar-refractivity contribution in [2.75, 3.05) is 13.6 Å². The standard InChI is InChI=1S/C18H26N4O/c1-12-6-7-13(2)17(8-12)15(4)20-18(23)11-22(5)10-16-9-19-21-14(16)3/h6-9,15H,10-11H2,1-5H3,(H,19,21)(H,20,23). The van der Waals surface area contributed by atoms with Crippen LogP contribution in [0, 0.1) is 20.8 Å². The Labute approximate surface area is 138 Å². The first kappa shape index (κ1) is 17.2. The van der Waals surface area contributed by atoms with Gasteiger partial charge in [0.2, 0.25) is 5.91 Å². The molecule has 2 aromatic rings. The number of hydrogen-bond acceptors (Lipinski definition) is 3. The van der Waals surface area contributed by atoms with Gasteiger partial charge in [-0.15, -0.1) is 0 Å². The molecule has 0 aliphatic carbocycles. The van der Waals surface area contributed by atoms with E-state index in [4.69, 9.17) is 0 Å². The van der Waals surface area contributed by atoms with Gasteiger partial charge in [0, 0.05) is 17.8 Å². The first-order valence-electron chi connectivity index (χ1n) is 7.90. The lowest BCUT2D eigenvalue weighted by Crippen LogP contribution is -2.36. The lowest BCUT2D eigenvalue weighted by atomic mass is 10.00. The molecule has 1 aromatic heterocycles. The maximum atomic E-state index is 12.3. The number of amides is 1. The van der Waals surface area contributed by atoms with Crippen molar-refractivity contribution in [2.24, 2.45) is 0 Å². The van der Waals surface area contributed by atoms with E-state index in [2.05, 4.69) is 47.6 Å². The molecule has 1 unspecified atom stereocenters. The van der Waals surface area contributed by atoms with Crippen LogP contribution in [-0.2, 0) is 11.3 Å². The van der Waals surface area contributed by atoms with E-state index in [-0.39, 0.29) is 11.9 Å². The van der Waals surface area contributed by atoms with Gasteiger partial charge in [-0.1, -0.05) is 23.8 Å². The minimum absolute atomic E-state index is 0.00598. The fourth-order valence-electron chi connectivity index (χ4n) is 2.72. The number of hydrogen-bond donors (Lipinski definition) is 2. The molecule has 1 amide bonds. The zero-order valence-corrected chi connectivity index (χ0v) is 14.6. The number of aromatic amines is 1. The highest BCUT2D eigenvalue weighted by Gasteiger charge is 2.14. The number of rotatable bonds is 6. The van der Waals surface area contributed by atoms with Crippen molar-refractivity contribution in [1.82, 2.24) is 20.4 Å². The minimum atomic E-state index is 0.00598. The van der Waals surface area contributed by atoms with Crippen LogP contribution in [0.2, 0.25) is 0 Å². The second-order valence-electron chi connectivity index (χ2n) is 6.34. The molecule has 0 aliphatic rings. The Bertz CT molecular complexity index is 677. The molecule has 1 heterocycles. The van der Waals surface area contributed by atoms with Crippen LogP contribution in [0.25, 0.3) is 0 Å². The van der Waals surface area contributed by atoms with Crippen LogP contribution in [-0.4, -0.2) is 34.6 Å². The number of benzene rings is 1. The van der Waals surface area contributed by atoms with E-state index in [1.54, 1.807) is 0 Å². The maximum Gasteiger partial charge on any atom is 0.234 e. The molecule has 1 aromatic carbocycles. The van der Waals surface area contributed by atoms with Crippen LogP contribution in [0.4, 0.5) is 0 Å². The van der Waals surface area contributed by atoms with Crippen molar-refractivity contribution in [3.05, 3.63) is 52.3 Å². The van der Waals surface area contributed by atoms with Gasteiger partial charge >= 0.3 is 0 Å². The molecule has 5 nitrogen and oxygen atoms in total. The SMILES string of the molecule is Cc1ccc(C)c(C(C)NC(=O)CN(C)Cc2cn[nH]c2C)c1. The van der Waals surface area contributed by atoms with Gasteiger partial charge in [0.25, 0.3) is 0 Å². The van der Waals surface area contributed by atoms with E-state index in [0.29, 0.717) is 13.1 Å². The van der Waals surface area contributed by atoms with Crippen LogP contribution in [0.15, 0.2) is 24.4 Å². The molecule has 0 fully saturated rings. The van der Waals surface area contributed by atoms with E-state index in [0.717, 1.165) is 11.3 Å². The topological polar surface area (TPSA) is 61.0 Å². The summed E-state index contributed by atoms with van der Waals surface area (Å²) in [5.74, 6) is 0.0297. The molecular weight excluding hydrogens is 288 g/mol. The molecular formula is C18H26N4O. The van der Waals surface area contributed by atoms with Crippen LogP contribution in [0.1, 0.15) is 40.9 Å². The highest BCUT2D eigenvalue weighted by Crippen LogP contribution is 2.18. The Kier molecular flexibility index (Phi) is 5.55. The van der Waals surface area contributed by atoms with Crippen LogP contribution >= 0.6 is 0 Å². The van der Waals surface area contributed by atoms with Crippen molar-refractivity contribution < 1.29 is 4.79 Å². The Morgan fingerprint density at radius 1 is 1.35 bits per heavy atom. The molecule has 0 saturated carbocycles. The van der Waals surface area contributed by atoms with Gasteiger partial charge in [-0.25, -0.2) is 0 Å². The van der Waals surface area contributed by atoms with Crippen molar-refractivity contribution in [1.29, 1.82) is 0 Å². The quantitative estimate of drug-likeness (QED) is 0.861. The number of H-pyrrole nitrogens is 1. The van der Waals surface area contributed by atoms with E-state index in [9.17, 15) is 4.79 Å². The molecule has 124 valence electrons. The number of aryl methyl sites for hydroxylation is 3. The summed E-state index contributed by atoms with van der Waals surface area (Å²) in [6, 6.07) is 6.33. The summed E-state index contributed by atoms with van der Waals surface area (Å²) in [5, 5.41) is 10.0. The number of carbonyl (C=O) groups excluding carboxylic acids is 1. The first-order chi connectivity index (χ1) is 10.9. The van der Waals surface area contributed by atoms with Gasteiger partial charge in [-0.3, -0.25) is 14.8 Å². The molecule has 0 saturated heterocycles. The summed E-state index contributed by atoms with van der Waals surface area (Å²) in [6.45, 7) is 9.22.